The minimum atomic E-state index is -3.75. The third-order valence-corrected chi connectivity index (χ3v) is 4.27. The fourth-order valence-corrected chi connectivity index (χ4v) is 2.78. The van der Waals surface area contributed by atoms with Crippen LogP contribution in [0.15, 0.2) is 47.5 Å². The van der Waals surface area contributed by atoms with E-state index in [1.807, 2.05) is 6.92 Å². The predicted molar refractivity (Wildman–Crippen MR) is 77.8 cm³/mol. The monoisotopic (exact) mass is 306 g/mol. The van der Waals surface area contributed by atoms with E-state index in [0.29, 0.717) is 0 Å². The lowest BCUT2D eigenvalue weighted by Gasteiger charge is -2.08. The van der Waals surface area contributed by atoms with E-state index in [1.54, 1.807) is 12.1 Å². The second-order valence-electron chi connectivity index (χ2n) is 4.34. The van der Waals surface area contributed by atoms with Crippen LogP contribution in [0.5, 0.6) is 0 Å². The van der Waals surface area contributed by atoms with Gasteiger partial charge in [0.25, 0.3) is 10.0 Å². The van der Waals surface area contributed by atoms with Crippen molar-refractivity contribution in [3.8, 4) is 0 Å². The Morgan fingerprint density at radius 3 is 2.48 bits per heavy atom. The van der Waals surface area contributed by atoms with Crippen molar-refractivity contribution in [2.75, 3.05) is 4.72 Å². The Morgan fingerprint density at radius 1 is 1.24 bits per heavy atom. The first kappa shape index (κ1) is 15.0. The Labute approximate surface area is 122 Å². The molecule has 1 aromatic carbocycles. The number of nitrogens with one attached hydrogen (secondary N) is 1. The van der Waals surface area contributed by atoms with Crippen LogP contribution in [0.4, 0.5) is 5.69 Å². The third-order valence-electron chi connectivity index (χ3n) is 2.87. The molecule has 0 spiro atoms. The molecule has 0 saturated heterocycles. The fourth-order valence-electron chi connectivity index (χ4n) is 1.73. The van der Waals surface area contributed by atoms with Crippen LogP contribution in [-0.2, 0) is 16.4 Å². The number of anilines is 1. The maximum Gasteiger partial charge on any atom is 0.354 e. The van der Waals surface area contributed by atoms with E-state index in [1.165, 1.54) is 30.5 Å². The Morgan fingerprint density at radius 2 is 1.90 bits per heavy atom. The van der Waals surface area contributed by atoms with E-state index >= 15 is 0 Å². The van der Waals surface area contributed by atoms with Crippen molar-refractivity contribution in [2.24, 2.45) is 0 Å². The van der Waals surface area contributed by atoms with Crippen molar-refractivity contribution in [3.63, 3.8) is 0 Å². The lowest BCUT2D eigenvalue weighted by atomic mass is 10.2. The number of aromatic nitrogens is 1. The molecule has 2 aromatic rings. The molecular weight excluding hydrogens is 292 g/mol. The molecule has 1 aromatic heterocycles. The number of rotatable bonds is 5. The van der Waals surface area contributed by atoms with Gasteiger partial charge >= 0.3 is 5.97 Å². The number of aryl methyl sites for hydroxylation is 1. The number of carboxylic acids is 1. The first-order valence-corrected chi connectivity index (χ1v) is 7.72. The Bertz CT molecular complexity index is 755. The maximum atomic E-state index is 12.2. The van der Waals surface area contributed by atoms with Gasteiger partial charge < -0.3 is 5.11 Å². The summed E-state index contributed by atoms with van der Waals surface area (Å²) in [4.78, 5) is 14.6. The highest BCUT2D eigenvalue weighted by atomic mass is 32.2. The minimum Gasteiger partial charge on any atom is -0.477 e. The molecule has 0 unspecified atom stereocenters. The predicted octanol–water partition coefficient (Wildman–Crippen LogP) is 2.14. The van der Waals surface area contributed by atoms with Gasteiger partial charge in [0, 0.05) is 6.20 Å². The van der Waals surface area contributed by atoms with E-state index < -0.39 is 16.0 Å². The number of pyridine rings is 1. The smallest absolute Gasteiger partial charge is 0.354 e. The average Bonchev–Trinajstić information content (AvgIpc) is 2.47. The van der Waals surface area contributed by atoms with Gasteiger partial charge in [-0.15, -0.1) is 0 Å². The molecule has 0 fully saturated rings. The summed E-state index contributed by atoms with van der Waals surface area (Å²) in [6, 6.07) is 9.07. The van der Waals surface area contributed by atoms with Crippen LogP contribution < -0.4 is 4.72 Å². The number of carbonyl (C=O) groups is 1. The molecule has 0 aliphatic heterocycles. The van der Waals surface area contributed by atoms with E-state index in [-0.39, 0.29) is 16.3 Å². The summed E-state index contributed by atoms with van der Waals surface area (Å²) in [6.45, 7) is 1.98. The number of nitrogens with zero attached hydrogens (tertiary/aromatic N) is 1. The Kier molecular flexibility index (Phi) is 4.23. The second kappa shape index (κ2) is 5.92. The van der Waals surface area contributed by atoms with Crippen LogP contribution in [0, 0.1) is 0 Å². The third kappa shape index (κ3) is 3.57. The number of hydrogen-bond acceptors (Lipinski definition) is 4. The zero-order valence-corrected chi connectivity index (χ0v) is 12.1. The van der Waals surface area contributed by atoms with Crippen LogP contribution in [0.25, 0.3) is 0 Å². The molecule has 0 amide bonds. The summed E-state index contributed by atoms with van der Waals surface area (Å²) in [7, 11) is -3.75. The van der Waals surface area contributed by atoms with Crippen LogP contribution in [0.2, 0.25) is 0 Å². The van der Waals surface area contributed by atoms with E-state index in [2.05, 4.69) is 9.71 Å². The van der Waals surface area contributed by atoms with Gasteiger partial charge in [-0.05, 0) is 36.2 Å². The highest BCUT2D eigenvalue weighted by Crippen LogP contribution is 2.17. The second-order valence-corrected chi connectivity index (χ2v) is 6.02. The lowest BCUT2D eigenvalue weighted by molar-refractivity contribution is 0.0690. The first-order valence-electron chi connectivity index (χ1n) is 6.23. The first-order chi connectivity index (χ1) is 9.92. The summed E-state index contributed by atoms with van der Waals surface area (Å²) in [5.74, 6) is -1.22. The molecule has 0 bridgehead atoms. The van der Waals surface area contributed by atoms with Gasteiger partial charge in [-0.1, -0.05) is 19.1 Å². The van der Waals surface area contributed by atoms with Gasteiger partial charge in [0.1, 0.15) is 5.69 Å². The van der Waals surface area contributed by atoms with Gasteiger partial charge in [0.15, 0.2) is 0 Å². The largest absolute Gasteiger partial charge is 0.477 e. The van der Waals surface area contributed by atoms with Gasteiger partial charge in [-0.3, -0.25) is 4.72 Å². The van der Waals surface area contributed by atoms with E-state index in [0.717, 1.165) is 12.0 Å². The van der Waals surface area contributed by atoms with E-state index in [4.69, 9.17) is 5.11 Å². The van der Waals surface area contributed by atoms with Crippen molar-refractivity contribution in [3.05, 3.63) is 53.9 Å². The number of aromatic carboxylic acids is 1. The number of hydrogen-bond donors (Lipinski definition) is 2. The number of benzene rings is 1. The van der Waals surface area contributed by atoms with Crippen LogP contribution >= 0.6 is 0 Å². The van der Waals surface area contributed by atoms with Gasteiger partial charge in [0.05, 0.1) is 10.6 Å². The fraction of sp³-hybridized carbons (Fsp3) is 0.143. The molecule has 0 radical (unpaired) electrons. The number of carboxylic acid groups (broad SMARTS) is 1. The van der Waals surface area contributed by atoms with Crippen LogP contribution in [-0.4, -0.2) is 24.5 Å². The van der Waals surface area contributed by atoms with Crippen LogP contribution in [0.3, 0.4) is 0 Å². The molecule has 0 atom stereocenters. The highest BCUT2D eigenvalue weighted by molar-refractivity contribution is 7.92. The molecule has 7 heteroatoms. The SMILES string of the molecule is CCc1ccc(S(=O)(=O)Nc2ccnc(C(=O)O)c2)cc1. The zero-order valence-electron chi connectivity index (χ0n) is 11.3. The Hall–Kier alpha value is -2.41. The summed E-state index contributed by atoms with van der Waals surface area (Å²) in [5, 5.41) is 8.84. The molecule has 6 nitrogen and oxygen atoms in total. The van der Waals surface area contributed by atoms with Crippen molar-refractivity contribution < 1.29 is 18.3 Å². The molecule has 21 heavy (non-hydrogen) atoms. The summed E-state index contributed by atoms with van der Waals surface area (Å²) in [6.07, 6.45) is 2.06. The molecule has 0 aliphatic rings. The lowest BCUT2D eigenvalue weighted by Crippen LogP contribution is -2.13. The van der Waals surface area contributed by atoms with E-state index in [9.17, 15) is 13.2 Å². The topological polar surface area (TPSA) is 96.4 Å². The minimum absolute atomic E-state index is 0.119. The van der Waals surface area contributed by atoms with Gasteiger partial charge in [-0.2, -0.15) is 0 Å². The standard InChI is InChI=1S/C14H14N2O4S/c1-2-10-3-5-12(6-4-10)21(19,20)16-11-7-8-15-13(9-11)14(17)18/h3-9H,2H2,1H3,(H,15,16)(H,17,18). The molecule has 110 valence electrons. The van der Waals surface area contributed by atoms with Crippen molar-refractivity contribution >= 4 is 21.7 Å². The Balaban J connectivity index is 2.28. The van der Waals surface area contributed by atoms with Crippen molar-refractivity contribution in [2.45, 2.75) is 18.2 Å². The molecule has 2 N–H and O–H groups in total. The quantitative estimate of drug-likeness (QED) is 0.882. The number of sulfonamides is 1. The van der Waals surface area contributed by atoms with Crippen molar-refractivity contribution in [1.29, 1.82) is 0 Å². The average molecular weight is 306 g/mol. The summed E-state index contributed by atoms with van der Waals surface area (Å²) >= 11 is 0. The molecular formula is C14H14N2O4S. The normalized spacial score (nSPS) is 11.1. The zero-order chi connectivity index (χ0) is 15.5. The van der Waals surface area contributed by atoms with Crippen molar-refractivity contribution in [1.82, 2.24) is 4.98 Å². The van der Waals surface area contributed by atoms with Gasteiger partial charge in [-0.25, -0.2) is 18.2 Å². The molecule has 0 saturated carbocycles. The molecule has 0 aliphatic carbocycles. The van der Waals surface area contributed by atoms with Gasteiger partial charge in [0.2, 0.25) is 0 Å². The molecule has 1 heterocycles. The van der Waals surface area contributed by atoms with Crippen LogP contribution in [0.1, 0.15) is 23.0 Å². The maximum absolute atomic E-state index is 12.2. The molecule has 2 rings (SSSR count). The summed E-state index contributed by atoms with van der Waals surface area (Å²) in [5.41, 5.74) is 0.963. The summed E-state index contributed by atoms with van der Waals surface area (Å²) < 4.78 is 26.7. The highest BCUT2D eigenvalue weighted by Gasteiger charge is 2.15.